The molecule has 358 valence electrons. The van der Waals surface area contributed by atoms with Crippen LogP contribution in [0.3, 0.4) is 0 Å². The molecule has 0 spiro atoms. The van der Waals surface area contributed by atoms with Gasteiger partial charge in [-0.1, -0.05) is 57.4 Å². The summed E-state index contributed by atoms with van der Waals surface area (Å²) >= 11 is 0. The van der Waals surface area contributed by atoms with Crippen LogP contribution in [0.1, 0.15) is 131 Å². The number of piperidine rings is 1. The number of hydrogen-bond acceptors (Lipinski definition) is 13. The van der Waals surface area contributed by atoms with Crippen molar-refractivity contribution in [3.8, 4) is 0 Å². The first kappa shape index (κ1) is 52.6. The minimum Gasteiger partial charge on any atom is -0.480 e. The highest BCUT2D eigenvalue weighted by atomic mass is 16.7. The molecule has 3 heterocycles. The van der Waals surface area contributed by atoms with Gasteiger partial charge in [-0.05, 0) is 102 Å². The number of likely N-dealkylation sites (tertiary alicyclic amines) is 1. The van der Waals surface area contributed by atoms with Crippen molar-refractivity contribution in [3.63, 3.8) is 0 Å². The highest BCUT2D eigenvalue weighted by Crippen LogP contribution is 2.39. The molecule has 3 N–H and O–H groups in total. The number of hydrogen-bond donors (Lipinski definition) is 3. The molecular weight excluding hydrogens is 815 g/mol. The molecule has 15 heteroatoms. The zero-order chi connectivity index (χ0) is 46.6. The van der Waals surface area contributed by atoms with E-state index >= 15 is 0 Å². The van der Waals surface area contributed by atoms with Crippen molar-refractivity contribution < 1.29 is 67.7 Å². The van der Waals surface area contributed by atoms with E-state index in [1.165, 1.54) is 14.2 Å². The van der Waals surface area contributed by atoms with Crippen LogP contribution in [0.15, 0.2) is 23.3 Å². The average Bonchev–Trinajstić information content (AvgIpc) is 3.66. The van der Waals surface area contributed by atoms with Crippen LogP contribution in [0.4, 0.5) is 0 Å². The fourth-order valence-corrected chi connectivity index (χ4v) is 10.2. The van der Waals surface area contributed by atoms with Crippen LogP contribution in [-0.4, -0.2) is 139 Å². The molecule has 4 aliphatic rings. The number of cyclic esters (lactones) is 1. The SMILES string of the molecule is CCC[C@H](/C=C(\C)C[C@H](C)C[C@H](OC)C1O[C@@](O)(C(=O)C(=O)N2CCCC[C@H]2C(=O)O)[C@H](C)C[C@@H]1OC)C(=O)C[C@H](O)[C@@H](C)C/C(C)=C/[C@@H]1CC[C@@H](OC2CCOC2=O)[C@H](OC)C1. The quantitative estimate of drug-likeness (QED) is 0.0635. The van der Waals surface area contributed by atoms with Crippen LogP contribution in [0, 0.1) is 29.6 Å². The Morgan fingerprint density at radius 2 is 1.65 bits per heavy atom. The number of amides is 1. The van der Waals surface area contributed by atoms with Crippen molar-refractivity contribution in [2.45, 2.75) is 186 Å². The van der Waals surface area contributed by atoms with E-state index in [9.17, 15) is 39.3 Å². The number of carbonyl (C=O) groups excluding carboxylic acids is 4. The number of ether oxygens (including phenoxy) is 6. The standard InChI is InChI=1S/C48H77NO14/c1-10-13-34(37(51)27-36(50)31(5)21-30(4)22-33-15-16-38(40(26-33)58-7)62-39-17-19-61-47(39)56)23-28(2)20-29(3)24-41(59-8)43-42(60-9)25-32(6)48(57,63-43)44(52)45(53)49-18-12-11-14-35(49)46(54)55/h22-23,29,31-36,38-43,50,57H,10-21,24-27H2,1-9H3,(H,54,55)/b28-23+,30-22+/t29-,31-,32+,33-,34+,35-,36-,38+,39?,40+,41-,42-,43?,48+/m0/s1. The number of carboxylic acids is 1. The minimum absolute atomic E-state index is 0.00241. The zero-order valence-electron chi connectivity index (χ0n) is 39.3. The maximum Gasteiger partial charge on any atom is 0.335 e. The minimum atomic E-state index is -2.50. The Morgan fingerprint density at radius 1 is 0.937 bits per heavy atom. The Balaban J connectivity index is 1.33. The van der Waals surface area contributed by atoms with Gasteiger partial charge >= 0.3 is 11.9 Å². The average molecular weight is 892 g/mol. The third-order valence-corrected chi connectivity index (χ3v) is 13.8. The fourth-order valence-electron chi connectivity index (χ4n) is 10.2. The number of carbonyl (C=O) groups is 5. The third-order valence-electron chi connectivity index (χ3n) is 13.8. The molecule has 63 heavy (non-hydrogen) atoms. The summed E-state index contributed by atoms with van der Waals surface area (Å²) in [5.41, 5.74) is 2.16. The van der Waals surface area contributed by atoms with E-state index in [0.717, 1.165) is 41.7 Å². The van der Waals surface area contributed by atoms with Gasteiger partial charge in [0.05, 0.1) is 37.1 Å². The van der Waals surface area contributed by atoms with E-state index in [1.54, 1.807) is 14.0 Å². The summed E-state index contributed by atoms with van der Waals surface area (Å²) in [5.74, 6) is -7.30. The summed E-state index contributed by atoms with van der Waals surface area (Å²) in [7, 11) is 4.70. The van der Waals surface area contributed by atoms with Crippen molar-refractivity contribution in [2.75, 3.05) is 34.5 Å². The van der Waals surface area contributed by atoms with Gasteiger partial charge in [-0.3, -0.25) is 14.4 Å². The molecule has 0 bridgehead atoms. The highest BCUT2D eigenvalue weighted by molar-refractivity contribution is 6.39. The molecule has 0 aromatic rings. The molecule has 4 rings (SSSR count). The number of ketones is 2. The van der Waals surface area contributed by atoms with E-state index in [-0.39, 0.29) is 73.4 Å². The van der Waals surface area contributed by atoms with Crippen molar-refractivity contribution in [3.05, 3.63) is 23.3 Å². The topological polar surface area (TPSA) is 205 Å². The lowest BCUT2D eigenvalue weighted by Gasteiger charge is -2.47. The zero-order valence-corrected chi connectivity index (χ0v) is 39.3. The number of aliphatic hydroxyl groups excluding tert-OH is 1. The number of Topliss-reactive ketones (excluding diaryl/α,β-unsaturated/α-hetero) is 2. The highest BCUT2D eigenvalue weighted by Gasteiger charge is 2.56. The molecule has 15 nitrogen and oxygen atoms in total. The van der Waals surface area contributed by atoms with Crippen molar-refractivity contribution in [1.29, 1.82) is 0 Å². The lowest BCUT2D eigenvalue weighted by molar-refractivity contribution is -0.302. The van der Waals surface area contributed by atoms with Crippen molar-refractivity contribution >= 4 is 29.4 Å². The Labute approximate surface area is 374 Å². The van der Waals surface area contributed by atoms with E-state index in [4.69, 9.17) is 28.4 Å². The van der Waals surface area contributed by atoms with E-state index in [1.807, 2.05) is 33.8 Å². The first-order chi connectivity index (χ1) is 29.9. The number of rotatable bonds is 23. The lowest BCUT2D eigenvalue weighted by Crippen LogP contribution is -2.64. The van der Waals surface area contributed by atoms with Gasteiger partial charge in [0.15, 0.2) is 6.10 Å². The van der Waals surface area contributed by atoms with Crippen LogP contribution in [-0.2, 0) is 52.4 Å². The van der Waals surface area contributed by atoms with Crippen LogP contribution in [0.25, 0.3) is 0 Å². The van der Waals surface area contributed by atoms with E-state index in [2.05, 4.69) is 13.0 Å². The molecular formula is C48H77NO14. The van der Waals surface area contributed by atoms with Crippen LogP contribution in [0.2, 0.25) is 0 Å². The molecule has 0 radical (unpaired) electrons. The predicted molar refractivity (Wildman–Crippen MR) is 233 cm³/mol. The van der Waals surface area contributed by atoms with Gasteiger partial charge in [-0.25, -0.2) is 9.59 Å². The number of nitrogens with zero attached hydrogens (tertiary/aromatic N) is 1. The normalized spacial score (nSPS) is 32.0. The summed E-state index contributed by atoms with van der Waals surface area (Å²) in [4.78, 5) is 65.8. The maximum atomic E-state index is 13.7. The summed E-state index contributed by atoms with van der Waals surface area (Å²) in [5, 5.41) is 32.7. The van der Waals surface area contributed by atoms with Crippen LogP contribution >= 0.6 is 0 Å². The Kier molecular flexibility index (Phi) is 20.4. The second-order valence-corrected chi connectivity index (χ2v) is 19.0. The molecule has 3 saturated heterocycles. The van der Waals surface area contributed by atoms with Crippen molar-refractivity contribution in [2.24, 2.45) is 29.6 Å². The van der Waals surface area contributed by atoms with Gasteiger partial charge in [0.1, 0.15) is 17.9 Å². The first-order valence-electron chi connectivity index (χ1n) is 23.3. The molecule has 0 aromatic carbocycles. The molecule has 1 amide bonds. The van der Waals surface area contributed by atoms with Gasteiger partial charge in [0.2, 0.25) is 5.79 Å². The van der Waals surface area contributed by atoms with Gasteiger partial charge in [0.25, 0.3) is 11.7 Å². The van der Waals surface area contributed by atoms with Crippen LogP contribution < -0.4 is 0 Å². The summed E-state index contributed by atoms with van der Waals surface area (Å²) in [6.45, 7) is 12.2. The Hall–Kier alpha value is -3.05. The molecule has 1 saturated carbocycles. The number of aliphatic carboxylic acids is 1. The second kappa shape index (κ2) is 24.5. The van der Waals surface area contributed by atoms with Crippen LogP contribution in [0.5, 0.6) is 0 Å². The summed E-state index contributed by atoms with van der Waals surface area (Å²) in [6, 6.07) is -1.15. The number of methoxy groups -OCH3 is 3. The van der Waals surface area contributed by atoms with E-state index in [0.29, 0.717) is 51.6 Å². The first-order valence-corrected chi connectivity index (χ1v) is 23.3. The maximum absolute atomic E-state index is 13.7. The van der Waals surface area contributed by atoms with Gasteiger partial charge in [-0.2, -0.15) is 0 Å². The molecule has 14 atom stereocenters. The molecule has 2 unspecified atom stereocenters. The number of esters is 1. The Morgan fingerprint density at radius 3 is 2.27 bits per heavy atom. The number of allylic oxidation sites excluding steroid dienone is 4. The second-order valence-electron chi connectivity index (χ2n) is 19.0. The van der Waals surface area contributed by atoms with Gasteiger partial charge in [-0.15, -0.1) is 0 Å². The van der Waals surface area contributed by atoms with Crippen molar-refractivity contribution in [1.82, 2.24) is 4.90 Å². The molecule has 3 aliphatic heterocycles. The summed E-state index contributed by atoms with van der Waals surface area (Å²) < 4.78 is 34.7. The summed E-state index contributed by atoms with van der Waals surface area (Å²) in [6.07, 6.45) is 8.36. The Bertz CT molecular complexity index is 1610. The third kappa shape index (κ3) is 14.0. The fraction of sp³-hybridized carbons (Fsp3) is 0.812. The van der Waals surface area contributed by atoms with Gasteiger partial charge < -0.3 is 48.6 Å². The molecule has 0 aromatic heterocycles. The van der Waals surface area contributed by atoms with E-state index < -0.39 is 65.9 Å². The predicted octanol–water partition coefficient (Wildman–Crippen LogP) is 5.75. The smallest absolute Gasteiger partial charge is 0.335 e. The monoisotopic (exact) mass is 892 g/mol. The number of aliphatic hydroxyl groups is 2. The lowest BCUT2D eigenvalue weighted by atomic mass is 9.82. The largest absolute Gasteiger partial charge is 0.480 e. The number of carboxylic acid groups (broad SMARTS) is 1. The van der Waals surface area contributed by atoms with Gasteiger partial charge in [0, 0.05) is 52.6 Å². The molecule has 4 fully saturated rings. The molecule has 1 aliphatic carbocycles.